The number of ether oxygens (including phenoxy) is 1. The molecule has 0 atom stereocenters. The van der Waals surface area contributed by atoms with Crippen LogP contribution in [-0.2, 0) is 11.3 Å². The van der Waals surface area contributed by atoms with Gasteiger partial charge < -0.3 is 10.1 Å². The lowest BCUT2D eigenvalue weighted by Crippen LogP contribution is -2.31. The van der Waals surface area contributed by atoms with Gasteiger partial charge in [0.25, 0.3) is 5.56 Å². The second-order valence-electron chi connectivity index (χ2n) is 5.58. The molecule has 0 aliphatic carbocycles. The number of aromatic amines is 1. The highest BCUT2D eigenvalue weighted by Gasteiger charge is 2.10. The molecular weight excluding hydrogens is 358 g/mol. The van der Waals surface area contributed by atoms with Crippen molar-refractivity contribution in [3.05, 3.63) is 68.3 Å². The monoisotopic (exact) mass is 373 g/mol. The molecule has 0 bridgehead atoms. The number of nitrogens with one attached hydrogen (secondary N) is 2. The average Bonchev–Trinajstić information content (AvgIpc) is 2.61. The third-order valence-electron chi connectivity index (χ3n) is 3.90. The Morgan fingerprint density at radius 2 is 2.00 bits per heavy atom. The van der Waals surface area contributed by atoms with Gasteiger partial charge in [0, 0.05) is 18.7 Å². The van der Waals surface area contributed by atoms with Gasteiger partial charge in [-0.3, -0.25) is 19.1 Å². The molecule has 0 aliphatic rings. The van der Waals surface area contributed by atoms with E-state index < -0.39 is 11.2 Å². The number of hydrogen-bond acceptors (Lipinski definition) is 4. The Hall–Kier alpha value is -3.06. The zero-order valence-electron chi connectivity index (χ0n) is 13.9. The Kier molecular flexibility index (Phi) is 5.09. The Labute approximate surface area is 153 Å². The molecule has 0 saturated heterocycles. The number of rotatable bonds is 5. The summed E-state index contributed by atoms with van der Waals surface area (Å²) in [6.07, 6.45) is 0.0552. The fourth-order valence-electron chi connectivity index (χ4n) is 2.65. The number of fused-ring (bicyclic) bond motifs is 1. The summed E-state index contributed by atoms with van der Waals surface area (Å²) in [6, 6.07) is 11.7. The van der Waals surface area contributed by atoms with Crippen molar-refractivity contribution in [3.8, 4) is 5.75 Å². The summed E-state index contributed by atoms with van der Waals surface area (Å²) in [4.78, 5) is 38.4. The third kappa shape index (κ3) is 3.62. The summed E-state index contributed by atoms with van der Waals surface area (Å²) < 4.78 is 6.43. The van der Waals surface area contributed by atoms with Gasteiger partial charge >= 0.3 is 5.69 Å². The molecule has 3 aromatic rings. The highest BCUT2D eigenvalue weighted by atomic mass is 35.5. The van der Waals surface area contributed by atoms with E-state index in [1.165, 1.54) is 11.7 Å². The van der Waals surface area contributed by atoms with Gasteiger partial charge in [0.2, 0.25) is 5.91 Å². The van der Waals surface area contributed by atoms with Crippen LogP contribution in [0.15, 0.2) is 52.1 Å². The van der Waals surface area contributed by atoms with Crippen LogP contribution in [0.2, 0.25) is 5.02 Å². The van der Waals surface area contributed by atoms with Gasteiger partial charge in [0.1, 0.15) is 5.75 Å². The SMILES string of the molecule is COc1ccc(NC(=O)CCn2c(=O)[nH]c(=O)c3ccccc32)cc1Cl. The topological polar surface area (TPSA) is 93.2 Å². The summed E-state index contributed by atoms with van der Waals surface area (Å²) in [5.41, 5.74) is 0.0224. The second-order valence-corrected chi connectivity index (χ2v) is 5.98. The lowest BCUT2D eigenvalue weighted by Gasteiger charge is -2.10. The summed E-state index contributed by atoms with van der Waals surface area (Å²) in [5.74, 6) is 0.226. The number of methoxy groups -OCH3 is 1. The minimum absolute atomic E-state index is 0.0552. The maximum absolute atomic E-state index is 12.2. The number of hydrogen-bond donors (Lipinski definition) is 2. The second kappa shape index (κ2) is 7.45. The Morgan fingerprint density at radius 3 is 2.73 bits per heavy atom. The molecule has 8 heteroatoms. The minimum atomic E-state index is -0.547. The quantitative estimate of drug-likeness (QED) is 0.718. The van der Waals surface area contributed by atoms with Crippen molar-refractivity contribution in [2.24, 2.45) is 0 Å². The molecule has 1 aromatic heterocycles. The van der Waals surface area contributed by atoms with Crippen LogP contribution in [0.3, 0.4) is 0 Å². The molecule has 0 radical (unpaired) electrons. The van der Waals surface area contributed by atoms with E-state index in [1.807, 2.05) is 0 Å². The first-order valence-corrected chi connectivity index (χ1v) is 8.22. The largest absolute Gasteiger partial charge is 0.495 e. The lowest BCUT2D eigenvalue weighted by atomic mass is 10.2. The fourth-order valence-corrected chi connectivity index (χ4v) is 2.90. The maximum Gasteiger partial charge on any atom is 0.328 e. The van der Waals surface area contributed by atoms with Crippen LogP contribution in [0.1, 0.15) is 6.42 Å². The minimum Gasteiger partial charge on any atom is -0.495 e. The number of nitrogens with zero attached hydrogens (tertiary/aromatic N) is 1. The van der Waals surface area contributed by atoms with Crippen molar-refractivity contribution >= 4 is 34.1 Å². The van der Waals surface area contributed by atoms with Gasteiger partial charge in [-0.2, -0.15) is 0 Å². The molecule has 1 amide bonds. The molecule has 0 unspecified atom stereocenters. The number of aryl methyl sites for hydroxylation is 1. The van der Waals surface area contributed by atoms with Crippen molar-refractivity contribution in [1.29, 1.82) is 0 Å². The van der Waals surface area contributed by atoms with E-state index in [-0.39, 0.29) is 18.9 Å². The Bertz CT molecular complexity index is 1090. The van der Waals surface area contributed by atoms with E-state index in [1.54, 1.807) is 42.5 Å². The highest BCUT2D eigenvalue weighted by molar-refractivity contribution is 6.32. The number of H-pyrrole nitrogens is 1. The van der Waals surface area contributed by atoms with Crippen LogP contribution in [-0.4, -0.2) is 22.6 Å². The van der Waals surface area contributed by atoms with Gasteiger partial charge in [-0.15, -0.1) is 0 Å². The van der Waals surface area contributed by atoms with E-state index in [4.69, 9.17) is 16.3 Å². The van der Waals surface area contributed by atoms with Gasteiger partial charge in [0.15, 0.2) is 0 Å². The standard InChI is InChI=1S/C18H16ClN3O4/c1-26-15-7-6-11(10-13(15)19)20-16(23)8-9-22-14-5-3-2-4-12(14)17(24)21-18(22)25/h2-7,10H,8-9H2,1H3,(H,20,23)(H,21,24,25). The lowest BCUT2D eigenvalue weighted by molar-refractivity contribution is -0.116. The first kappa shape index (κ1) is 17.8. The number of carbonyl (C=O) groups is 1. The van der Waals surface area contributed by atoms with E-state index in [0.717, 1.165) is 0 Å². The zero-order valence-corrected chi connectivity index (χ0v) is 14.7. The predicted molar refractivity (Wildman–Crippen MR) is 100 cm³/mol. The number of anilines is 1. The van der Waals surface area contributed by atoms with Gasteiger partial charge in [-0.05, 0) is 30.3 Å². The van der Waals surface area contributed by atoms with Crippen LogP contribution >= 0.6 is 11.6 Å². The molecule has 7 nitrogen and oxygen atoms in total. The predicted octanol–water partition coefficient (Wildman–Crippen LogP) is 2.38. The number of para-hydroxylation sites is 1. The molecular formula is C18H16ClN3O4. The van der Waals surface area contributed by atoms with E-state index in [9.17, 15) is 14.4 Å². The third-order valence-corrected chi connectivity index (χ3v) is 4.20. The van der Waals surface area contributed by atoms with Crippen LogP contribution in [0.5, 0.6) is 5.75 Å². The molecule has 3 rings (SSSR count). The molecule has 134 valence electrons. The number of carbonyl (C=O) groups excluding carboxylic acids is 1. The van der Waals surface area contributed by atoms with Crippen LogP contribution in [0, 0.1) is 0 Å². The molecule has 26 heavy (non-hydrogen) atoms. The first-order valence-electron chi connectivity index (χ1n) is 7.85. The molecule has 2 aromatic carbocycles. The summed E-state index contributed by atoms with van der Waals surface area (Å²) in [7, 11) is 1.51. The Morgan fingerprint density at radius 1 is 1.23 bits per heavy atom. The van der Waals surface area contributed by atoms with E-state index >= 15 is 0 Å². The first-order chi connectivity index (χ1) is 12.5. The molecule has 1 heterocycles. The van der Waals surface area contributed by atoms with E-state index in [2.05, 4.69) is 10.3 Å². The smallest absolute Gasteiger partial charge is 0.328 e. The molecule has 0 saturated carbocycles. The highest BCUT2D eigenvalue weighted by Crippen LogP contribution is 2.27. The van der Waals surface area contributed by atoms with Crippen molar-refractivity contribution in [1.82, 2.24) is 9.55 Å². The van der Waals surface area contributed by atoms with Crippen LogP contribution < -0.4 is 21.3 Å². The van der Waals surface area contributed by atoms with Crippen LogP contribution in [0.4, 0.5) is 5.69 Å². The van der Waals surface area contributed by atoms with Crippen molar-refractivity contribution in [2.75, 3.05) is 12.4 Å². The van der Waals surface area contributed by atoms with Gasteiger partial charge in [-0.1, -0.05) is 23.7 Å². The number of aromatic nitrogens is 2. The summed E-state index contributed by atoms with van der Waals surface area (Å²) in [6.45, 7) is 0.131. The molecule has 0 fully saturated rings. The van der Waals surface area contributed by atoms with E-state index in [0.29, 0.717) is 27.4 Å². The normalized spacial score (nSPS) is 10.7. The Balaban J connectivity index is 1.76. The average molecular weight is 374 g/mol. The fraction of sp³-hybridized carbons (Fsp3) is 0.167. The summed E-state index contributed by atoms with van der Waals surface area (Å²) in [5, 5.41) is 3.50. The summed E-state index contributed by atoms with van der Waals surface area (Å²) >= 11 is 6.03. The molecule has 2 N–H and O–H groups in total. The van der Waals surface area contributed by atoms with Gasteiger partial charge in [-0.25, -0.2) is 4.79 Å². The van der Waals surface area contributed by atoms with Crippen molar-refractivity contribution in [3.63, 3.8) is 0 Å². The van der Waals surface area contributed by atoms with Crippen LogP contribution in [0.25, 0.3) is 10.9 Å². The van der Waals surface area contributed by atoms with Gasteiger partial charge in [0.05, 0.1) is 23.0 Å². The zero-order chi connectivity index (χ0) is 18.7. The number of halogens is 1. The molecule has 0 aliphatic heterocycles. The number of benzene rings is 2. The molecule has 0 spiro atoms. The van der Waals surface area contributed by atoms with Crippen molar-refractivity contribution < 1.29 is 9.53 Å². The van der Waals surface area contributed by atoms with Crippen molar-refractivity contribution in [2.45, 2.75) is 13.0 Å². The number of amides is 1. The maximum atomic E-state index is 12.2.